The maximum atomic E-state index is 14.0. The van der Waals surface area contributed by atoms with Crippen molar-refractivity contribution in [3.05, 3.63) is 69.4 Å². The van der Waals surface area contributed by atoms with Crippen molar-refractivity contribution >= 4 is 15.9 Å². The Morgan fingerprint density at radius 1 is 1.10 bits per heavy atom. The van der Waals surface area contributed by atoms with Gasteiger partial charge in [0.05, 0.1) is 11.6 Å². The molecule has 2 rings (SSSR count). The highest BCUT2D eigenvalue weighted by molar-refractivity contribution is 9.10. The molecule has 0 saturated carbocycles. The second-order valence-electron chi connectivity index (χ2n) is 4.48. The number of hydrogen-bond donors (Lipinski definition) is 1. The topological polar surface area (TPSA) is 12.0 Å². The predicted octanol–water partition coefficient (Wildman–Crippen LogP) is 4.92. The largest absolute Gasteiger partial charge is 0.416 e. The molecule has 0 saturated heterocycles. The number of benzene rings is 2. The van der Waals surface area contributed by atoms with Crippen molar-refractivity contribution in [2.75, 3.05) is 7.05 Å². The first-order chi connectivity index (χ1) is 9.84. The maximum Gasteiger partial charge on any atom is 0.416 e. The van der Waals surface area contributed by atoms with Crippen LogP contribution in [0.4, 0.5) is 17.6 Å². The molecule has 1 unspecified atom stereocenters. The smallest absolute Gasteiger partial charge is 0.309 e. The molecule has 1 atom stereocenters. The van der Waals surface area contributed by atoms with Gasteiger partial charge in [-0.25, -0.2) is 4.39 Å². The Labute approximate surface area is 128 Å². The van der Waals surface area contributed by atoms with Gasteiger partial charge in [-0.3, -0.25) is 0 Å². The van der Waals surface area contributed by atoms with E-state index in [1.54, 1.807) is 13.1 Å². The van der Waals surface area contributed by atoms with E-state index in [1.807, 2.05) is 0 Å². The van der Waals surface area contributed by atoms with Gasteiger partial charge in [0, 0.05) is 10.0 Å². The fraction of sp³-hybridized carbons (Fsp3) is 0.200. The van der Waals surface area contributed by atoms with Crippen LogP contribution in [0, 0.1) is 5.82 Å². The Hall–Kier alpha value is -1.40. The van der Waals surface area contributed by atoms with Crippen LogP contribution in [0.1, 0.15) is 22.7 Å². The summed E-state index contributed by atoms with van der Waals surface area (Å²) in [7, 11) is 1.57. The molecule has 0 spiro atoms. The zero-order chi connectivity index (χ0) is 15.6. The number of halogens is 5. The number of hydrogen-bond acceptors (Lipinski definition) is 1. The highest BCUT2D eigenvalue weighted by atomic mass is 79.9. The Morgan fingerprint density at radius 2 is 1.76 bits per heavy atom. The van der Waals surface area contributed by atoms with Gasteiger partial charge in [-0.05, 0) is 36.9 Å². The summed E-state index contributed by atoms with van der Waals surface area (Å²) in [6.07, 6.45) is -4.43. The normalized spacial score (nSPS) is 13.2. The monoisotopic (exact) mass is 361 g/mol. The van der Waals surface area contributed by atoms with E-state index in [4.69, 9.17) is 0 Å². The first-order valence-electron chi connectivity index (χ1n) is 6.13. The first-order valence-corrected chi connectivity index (χ1v) is 6.92. The quantitative estimate of drug-likeness (QED) is 0.765. The SMILES string of the molecule is CNC(c1cccc(C(F)(F)F)c1)c1c(F)cccc1Br. The highest BCUT2D eigenvalue weighted by Crippen LogP contribution is 2.34. The third kappa shape index (κ3) is 3.44. The molecule has 21 heavy (non-hydrogen) atoms. The number of nitrogens with one attached hydrogen (secondary N) is 1. The lowest BCUT2D eigenvalue weighted by Crippen LogP contribution is -2.20. The molecule has 0 radical (unpaired) electrons. The molecule has 0 fully saturated rings. The van der Waals surface area contributed by atoms with Crippen molar-refractivity contribution in [3.63, 3.8) is 0 Å². The molecular weight excluding hydrogens is 350 g/mol. The summed E-state index contributed by atoms with van der Waals surface area (Å²) in [6, 6.07) is 8.65. The van der Waals surface area contributed by atoms with Crippen LogP contribution in [0.5, 0.6) is 0 Å². The zero-order valence-corrected chi connectivity index (χ0v) is 12.6. The van der Waals surface area contributed by atoms with Crippen LogP contribution < -0.4 is 5.32 Å². The fourth-order valence-electron chi connectivity index (χ4n) is 2.16. The minimum absolute atomic E-state index is 0.277. The van der Waals surface area contributed by atoms with E-state index in [0.29, 0.717) is 10.0 Å². The van der Waals surface area contributed by atoms with Gasteiger partial charge in [0.15, 0.2) is 0 Å². The molecule has 0 aliphatic heterocycles. The van der Waals surface area contributed by atoms with Crippen molar-refractivity contribution < 1.29 is 17.6 Å². The molecule has 0 amide bonds. The molecule has 1 nitrogen and oxygen atoms in total. The van der Waals surface area contributed by atoms with Crippen LogP contribution in [-0.2, 0) is 6.18 Å². The lowest BCUT2D eigenvalue weighted by molar-refractivity contribution is -0.137. The standard InChI is InChI=1S/C15H12BrF4N/c1-21-14(13-11(16)6-3-7-12(13)17)9-4-2-5-10(8-9)15(18,19)20/h2-8,14,21H,1H3. The van der Waals surface area contributed by atoms with Gasteiger partial charge in [0.1, 0.15) is 5.82 Å². The maximum absolute atomic E-state index is 14.0. The Kier molecular flexibility index (Phi) is 4.68. The molecule has 6 heteroatoms. The van der Waals surface area contributed by atoms with Gasteiger partial charge in [-0.2, -0.15) is 13.2 Å². The Morgan fingerprint density at radius 3 is 2.33 bits per heavy atom. The Balaban J connectivity index is 2.52. The van der Waals surface area contributed by atoms with Crippen LogP contribution in [-0.4, -0.2) is 7.05 Å². The molecule has 2 aromatic carbocycles. The molecule has 0 aliphatic carbocycles. The van der Waals surface area contributed by atoms with Gasteiger partial charge in [0.2, 0.25) is 0 Å². The predicted molar refractivity (Wildman–Crippen MR) is 76.4 cm³/mol. The second-order valence-corrected chi connectivity index (χ2v) is 5.33. The minimum Gasteiger partial charge on any atom is -0.309 e. The third-order valence-corrected chi connectivity index (χ3v) is 3.82. The second kappa shape index (κ2) is 6.15. The van der Waals surface area contributed by atoms with Gasteiger partial charge in [-0.15, -0.1) is 0 Å². The molecule has 0 aliphatic rings. The number of alkyl halides is 3. The van der Waals surface area contributed by atoms with Crippen LogP contribution in [0.2, 0.25) is 0 Å². The molecule has 0 aromatic heterocycles. The summed E-state index contributed by atoms with van der Waals surface area (Å²) in [5, 5.41) is 2.86. The summed E-state index contributed by atoms with van der Waals surface area (Å²) in [5.41, 5.74) is -0.134. The van der Waals surface area contributed by atoms with Crippen molar-refractivity contribution in [1.29, 1.82) is 0 Å². The van der Waals surface area contributed by atoms with Gasteiger partial charge >= 0.3 is 6.18 Å². The summed E-state index contributed by atoms with van der Waals surface area (Å²) in [5.74, 6) is -0.485. The summed E-state index contributed by atoms with van der Waals surface area (Å²) in [4.78, 5) is 0. The average molecular weight is 362 g/mol. The van der Waals surface area contributed by atoms with E-state index in [9.17, 15) is 17.6 Å². The summed E-state index contributed by atoms with van der Waals surface area (Å²) < 4.78 is 52.9. The van der Waals surface area contributed by atoms with E-state index in [-0.39, 0.29) is 5.56 Å². The van der Waals surface area contributed by atoms with E-state index in [2.05, 4.69) is 21.2 Å². The molecule has 2 aromatic rings. The van der Waals surface area contributed by atoms with Crippen LogP contribution >= 0.6 is 15.9 Å². The van der Waals surface area contributed by atoms with Crippen molar-refractivity contribution in [3.8, 4) is 0 Å². The van der Waals surface area contributed by atoms with Crippen LogP contribution in [0.3, 0.4) is 0 Å². The average Bonchev–Trinajstić information content (AvgIpc) is 2.42. The minimum atomic E-state index is -4.43. The van der Waals surface area contributed by atoms with E-state index in [0.717, 1.165) is 12.1 Å². The third-order valence-electron chi connectivity index (χ3n) is 3.12. The van der Waals surface area contributed by atoms with Crippen LogP contribution in [0.15, 0.2) is 46.9 Å². The lowest BCUT2D eigenvalue weighted by Gasteiger charge is -2.20. The zero-order valence-electron chi connectivity index (χ0n) is 11.0. The van der Waals surface area contributed by atoms with Crippen molar-refractivity contribution in [2.24, 2.45) is 0 Å². The molecule has 0 bridgehead atoms. The lowest BCUT2D eigenvalue weighted by atomic mass is 9.96. The van der Waals surface area contributed by atoms with Crippen LogP contribution in [0.25, 0.3) is 0 Å². The summed E-state index contributed by atoms with van der Waals surface area (Å²) >= 11 is 3.24. The molecule has 1 N–H and O–H groups in total. The molecular formula is C15H12BrF4N. The van der Waals surface area contributed by atoms with Gasteiger partial charge in [-0.1, -0.05) is 34.1 Å². The van der Waals surface area contributed by atoms with E-state index < -0.39 is 23.6 Å². The van der Waals surface area contributed by atoms with E-state index in [1.165, 1.54) is 24.3 Å². The Bertz CT molecular complexity index is 620. The van der Waals surface area contributed by atoms with Gasteiger partial charge < -0.3 is 5.32 Å². The van der Waals surface area contributed by atoms with E-state index >= 15 is 0 Å². The van der Waals surface area contributed by atoms with Gasteiger partial charge in [0.25, 0.3) is 0 Å². The highest BCUT2D eigenvalue weighted by Gasteiger charge is 2.31. The van der Waals surface area contributed by atoms with Crippen molar-refractivity contribution in [1.82, 2.24) is 5.32 Å². The van der Waals surface area contributed by atoms with Crippen molar-refractivity contribution in [2.45, 2.75) is 12.2 Å². The number of rotatable bonds is 3. The first kappa shape index (κ1) is 16.0. The fourth-order valence-corrected chi connectivity index (χ4v) is 2.73. The summed E-state index contributed by atoms with van der Waals surface area (Å²) in [6.45, 7) is 0. The molecule has 0 heterocycles. The molecule has 112 valence electrons.